The fourth-order valence-electron chi connectivity index (χ4n) is 4.37. The van der Waals surface area contributed by atoms with Crippen molar-refractivity contribution in [3.8, 4) is 5.69 Å². The lowest BCUT2D eigenvalue weighted by atomic mass is 9.96. The van der Waals surface area contributed by atoms with Crippen LogP contribution < -0.4 is 0 Å². The summed E-state index contributed by atoms with van der Waals surface area (Å²) in [7, 11) is 0. The van der Waals surface area contributed by atoms with Crippen LogP contribution in [-0.4, -0.2) is 53.8 Å². The molecule has 0 bridgehead atoms. The third-order valence-electron chi connectivity index (χ3n) is 6.38. The van der Waals surface area contributed by atoms with E-state index in [1.165, 1.54) is 18.4 Å². The number of para-hydroxylation sites is 1. The van der Waals surface area contributed by atoms with Crippen LogP contribution in [0, 0.1) is 6.92 Å². The zero-order chi connectivity index (χ0) is 21.5. The maximum Gasteiger partial charge on any atom is 0.293 e. The molecule has 162 valence electrons. The SMILES string of the molecule is Cc1nc(C(=O)N2CCC(c3nc(C4CC4)n[nH]3)CC2)nn1-c1ccccc1C(C)C. The number of piperidine rings is 1. The van der Waals surface area contributed by atoms with Gasteiger partial charge in [0.05, 0.1) is 5.69 Å². The summed E-state index contributed by atoms with van der Waals surface area (Å²) in [6.45, 7) is 7.57. The van der Waals surface area contributed by atoms with Crippen LogP contribution in [0.15, 0.2) is 24.3 Å². The average Bonchev–Trinajstić information content (AvgIpc) is 3.39. The van der Waals surface area contributed by atoms with Gasteiger partial charge in [-0.25, -0.2) is 14.6 Å². The normalized spacial score (nSPS) is 17.5. The van der Waals surface area contributed by atoms with Crippen molar-refractivity contribution in [2.75, 3.05) is 13.1 Å². The average molecular weight is 420 g/mol. The van der Waals surface area contributed by atoms with Crippen molar-refractivity contribution < 1.29 is 4.79 Å². The van der Waals surface area contributed by atoms with E-state index in [2.05, 4.69) is 40.2 Å². The number of benzene rings is 1. The number of aromatic amines is 1. The molecule has 0 atom stereocenters. The first-order valence-electron chi connectivity index (χ1n) is 11.3. The first-order valence-corrected chi connectivity index (χ1v) is 11.3. The van der Waals surface area contributed by atoms with Gasteiger partial charge in [0.15, 0.2) is 5.82 Å². The number of nitrogens with one attached hydrogen (secondary N) is 1. The van der Waals surface area contributed by atoms with Gasteiger partial charge >= 0.3 is 0 Å². The molecule has 8 nitrogen and oxygen atoms in total. The number of nitrogens with zero attached hydrogens (tertiary/aromatic N) is 6. The van der Waals surface area contributed by atoms with Crippen molar-refractivity contribution in [2.24, 2.45) is 0 Å². The quantitative estimate of drug-likeness (QED) is 0.680. The van der Waals surface area contributed by atoms with E-state index < -0.39 is 0 Å². The predicted molar refractivity (Wildman–Crippen MR) is 116 cm³/mol. The Morgan fingerprint density at radius 1 is 1.06 bits per heavy atom. The monoisotopic (exact) mass is 419 g/mol. The molecule has 5 rings (SSSR count). The highest BCUT2D eigenvalue weighted by Crippen LogP contribution is 2.38. The zero-order valence-electron chi connectivity index (χ0n) is 18.4. The van der Waals surface area contributed by atoms with Crippen LogP contribution in [-0.2, 0) is 0 Å². The fraction of sp³-hybridized carbons (Fsp3) is 0.522. The van der Waals surface area contributed by atoms with Gasteiger partial charge in [-0.1, -0.05) is 32.0 Å². The van der Waals surface area contributed by atoms with E-state index in [1.807, 2.05) is 30.0 Å². The summed E-state index contributed by atoms with van der Waals surface area (Å²) in [6.07, 6.45) is 4.15. The van der Waals surface area contributed by atoms with Gasteiger partial charge in [-0.15, -0.1) is 5.10 Å². The molecule has 31 heavy (non-hydrogen) atoms. The molecule has 1 aliphatic carbocycles. The molecule has 1 amide bonds. The van der Waals surface area contributed by atoms with Gasteiger partial charge in [-0.2, -0.15) is 5.10 Å². The Labute approximate surface area is 182 Å². The highest BCUT2D eigenvalue weighted by Gasteiger charge is 2.31. The lowest BCUT2D eigenvalue weighted by molar-refractivity contribution is 0.0698. The Morgan fingerprint density at radius 3 is 2.52 bits per heavy atom. The van der Waals surface area contributed by atoms with Crippen molar-refractivity contribution >= 4 is 5.91 Å². The number of aryl methyl sites for hydroxylation is 1. The number of likely N-dealkylation sites (tertiary alicyclic amines) is 1. The Morgan fingerprint density at radius 2 is 1.81 bits per heavy atom. The van der Waals surface area contributed by atoms with Gasteiger partial charge in [0.1, 0.15) is 11.6 Å². The Kier molecular flexibility index (Phi) is 5.08. The summed E-state index contributed by atoms with van der Waals surface area (Å²) in [6, 6.07) is 8.16. The van der Waals surface area contributed by atoms with E-state index in [4.69, 9.17) is 4.98 Å². The topological polar surface area (TPSA) is 92.6 Å². The van der Waals surface area contributed by atoms with E-state index in [0.29, 0.717) is 30.8 Å². The highest BCUT2D eigenvalue weighted by molar-refractivity contribution is 5.90. The summed E-state index contributed by atoms with van der Waals surface area (Å²) in [4.78, 5) is 24.2. The third kappa shape index (κ3) is 3.86. The van der Waals surface area contributed by atoms with Gasteiger partial charge in [-0.05, 0) is 50.2 Å². The molecule has 0 unspecified atom stereocenters. The predicted octanol–water partition coefficient (Wildman–Crippen LogP) is 3.71. The summed E-state index contributed by atoms with van der Waals surface area (Å²) < 4.78 is 1.79. The fourth-order valence-corrected chi connectivity index (χ4v) is 4.37. The molecular weight excluding hydrogens is 390 g/mol. The number of rotatable bonds is 5. The smallest absolute Gasteiger partial charge is 0.293 e. The Bertz CT molecular complexity index is 1090. The second-order valence-corrected chi connectivity index (χ2v) is 9.03. The molecule has 3 heterocycles. The molecular formula is C23H29N7O. The van der Waals surface area contributed by atoms with Crippen LogP contribution in [0.4, 0.5) is 0 Å². The molecule has 2 fully saturated rings. The van der Waals surface area contributed by atoms with Crippen molar-refractivity contribution in [1.82, 2.24) is 34.8 Å². The van der Waals surface area contributed by atoms with Crippen LogP contribution in [0.5, 0.6) is 0 Å². The van der Waals surface area contributed by atoms with Crippen LogP contribution in [0.3, 0.4) is 0 Å². The summed E-state index contributed by atoms with van der Waals surface area (Å²) in [5, 5.41) is 12.1. The van der Waals surface area contributed by atoms with Crippen molar-refractivity contribution in [3.05, 3.63) is 53.1 Å². The Hall–Kier alpha value is -3.03. The number of amides is 1. The van der Waals surface area contributed by atoms with Crippen LogP contribution in [0.25, 0.3) is 5.69 Å². The maximum absolute atomic E-state index is 13.1. The molecule has 2 aromatic heterocycles. The van der Waals surface area contributed by atoms with Gasteiger partial charge in [-0.3, -0.25) is 9.89 Å². The van der Waals surface area contributed by atoms with Crippen molar-refractivity contribution in [3.63, 3.8) is 0 Å². The minimum Gasteiger partial charge on any atom is -0.336 e. The van der Waals surface area contributed by atoms with Crippen LogP contribution >= 0.6 is 0 Å². The van der Waals surface area contributed by atoms with Crippen LogP contribution in [0.2, 0.25) is 0 Å². The Balaban J connectivity index is 1.28. The number of H-pyrrole nitrogens is 1. The largest absolute Gasteiger partial charge is 0.336 e. The number of hydrogen-bond donors (Lipinski definition) is 1. The minimum absolute atomic E-state index is 0.0985. The first kappa shape index (κ1) is 19.9. The molecule has 1 aromatic carbocycles. The van der Waals surface area contributed by atoms with Gasteiger partial charge in [0.2, 0.25) is 5.82 Å². The van der Waals surface area contributed by atoms with Gasteiger partial charge in [0.25, 0.3) is 5.91 Å². The number of carbonyl (C=O) groups is 1. The molecule has 1 aliphatic heterocycles. The first-order chi connectivity index (χ1) is 15.0. The lowest BCUT2D eigenvalue weighted by Gasteiger charge is -2.30. The second kappa shape index (κ2) is 7.90. The van der Waals surface area contributed by atoms with Gasteiger partial charge in [0, 0.05) is 24.9 Å². The van der Waals surface area contributed by atoms with E-state index in [9.17, 15) is 4.79 Å². The molecule has 1 N–H and O–H groups in total. The highest BCUT2D eigenvalue weighted by atomic mass is 16.2. The molecule has 1 saturated carbocycles. The molecule has 0 spiro atoms. The van der Waals surface area contributed by atoms with E-state index in [0.717, 1.165) is 36.0 Å². The van der Waals surface area contributed by atoms with E-state index >= 15 is 0 Å². The van der Waals surface area contributed by atoms with E-state index in [-0.39, 0.29) is 11.7 Å². The molecule has 2 aliphatic rings. The summed E-state index contributed by atoms with van der Waals surface area (Å²) >= 11 is 0. The zero-order valence-corrected chi connectivity index (χ0v) is 18.4. The maximum atomic E-state index is 13.1. The summed E-state index contributed by atoms with van der Waals surface area (Å²) in [5.41, 5.74) is 2.17. The van der Waals surface area contributed by atoms with Crippen molar-refractivity contribution in [2.45, 2.75) is 64.2 Å². The minimum atomic E-state index is -0.0985. The number of hydrogen-bond acceptors (Lipinski definition) is 5. The standard InChI is InChI=1S/C23H29N7O/c1-14(2)18-6-4-5-7-19(18)30-15(3)24-22(28-30)23(31)29-12-10-17(11-13-29)21-25-20(26-27-21)16-8-9-16/h4-7,14,16-17H,8-13H2,1-3H3,(H,25,26,27). The number of carbonyl (C=O) groups excluding carboxylic acids is 1. The molecule has 3 aromatic rings. The third-order valence-corrected chi connectivity index (χ3v) is 6.38. The molecule has 1 saturated heterocycles. The second-order valence-electron chi connectivity index (χ2n) is 9.03. The number of aromatic nitrogens is 6. The van der Waals surface area contributed by atoms with Gasteiger partial charge < -0.3 is 4.90 Å². The van der Waals surface area contributed by atoms with Crippen LogP contribution in [0.1, 0.15) is 90.9 Å². The summed E-state index contributed by atoms with van der Waals surface area (Å²) in [5.74, 6) is 4.06. The lowest BCUT2D eigenvalue weighted by Crippen LogP contribution is -2.38. The van der Waals surface area contributed by atoms with Crippen molar-refractivity contribution in [1.29, 1.82) is 0 Å². The molecule has 8 heteroatoms. The van der Waals surface area contributed by atoms with E-state index in [1.54, 1.807) is 4.68 Å². The molecule has 0 radical (unpaired) electrons.